The van der Waals surface area contributed by atoms with E-state index in [1.54, 1.807) is 5.51 Å². The highest BCUT2D eigenvalue weighted by Crippen LogP contribution is 2.23. The molecule has 1 fully saturated rings. The molecule has 5 heteroatoms. The van der Waals surface area contributed by atoms with Gasteiger partial charge in [-0.2, -0.15) is 0 Å². The minimum atomic E-state index is -0.0300. The first-order valence-corrected chi connectivity index (χ1v) is 6.85. The standard InChI is InChI=1S/C11H15ClN2OS/c1-7-10(16-6-13-7)11(15)14-9-5-3-2-4-8(9)12/h6,8-9H,2-5H2,1H3,(H,14,15). The van der Waals surface area contributed by atoms with Crippen LogP contribution in [0, 0.1) is 6.92 Å². The third-order valence-corrected chi connectivity index (χ3v) is 4.40. The fraction of sp³-hybridized carbons (Fsp3) is 0.636. The molecule has 2 rings (SSSR count). The zero-order valence-corrected chi connectivity index (χ0v) is 10.8. The van der Waals surface area contributed by atoms with Gasteiger partial charge in [-0.25, -0.2) is 4.98 Å². The number of hydrogen-bond acceptors (Lipinski definition) is 3. The Morgan fingerprint density at radius 2 is 2.31 bits per heavy atom. The number of rotatable bonds is 2. The van der Waals surface area contributed by atoms with E-state index in [9.17, 15) is 4.79 Å². The van der Waals surface area contributed by atoms with Gasteiger partial charge in [-0.1, -0.05) is 12.8 Å². The molecular weight excluding hydrogens is 244 g/mol. The Bertz CT molecular complexity index is 380. The van der Waals surface area contributed by atoms with E-state index in [-0.39, 0.29) is 17.3 Å². The number of amides is 1. The molecule has 0 spiro atoms. The Kier molecular flexibility index (Phi) is 3.82. The second-order valence-electron chi connectivity index (χ2n) is 4.15. The highest BCUT2D eigenvalue weighted by Gasteiger charge is 2.25. The summed E-state index contributed by atoms with van der Waals surface area (Å²) in [7, 11) is 0. The first-order valence-electron chi connectivity index (χ1n) is 5.53. The van der Waals surface area contributed by atoms with Crippen LogP contribution in [-0.2, 0) is 0 Å². The van der Waals surface area contributed by atoms with E-state index < -0.39 is 0 Å². The molecule has 88 valence electrons. The maximum absolute atomic E-state index is 11.9. The number of carbonyl (C=O) groups excluding carboxylic acids is 1. The van der Waals surface area contributed by atoms with Crippen LogP contribution in [-0.4, -0.2) is 22.3 Å². The number of carbonyl (C=O) groups is 1. The second-order valence-corrected chi connectivity index (χ2v) is 5.56. The van der Waals surface area contributed by atoms with Crippen molar-refractivity contribution in [3.8, 4) is 0 Å². The van der Waals surface area contributed by atoms with Crippen LogP contribution < -0.4 is 5.32 Å². The first-order chi connectivity index (χ1) is 7.68. The van der Waals surface area contributed by atoms with Gasteiger partial charge in [0.05, 0.1) is 16.6 Å². The smallest absolute Gasteiger partial charge is 0.263 e. The predicted octanol–water partition coefficient (Wildman–Crippen LogP) is 2.73. The number of nitrogens with zero attached hydrogens (tertiary/aromatic N) is 1. The summed E-state index contributed by atoms with van der Waals surface area (Å²) in [6, 6.07) is 0.115. The summed E-state index contributed by atoms with van der Waals surface area (Å²) in [5, 5.41) is 3.09. The molecule has 0 bridgehead atoms. The molecule has 0 radical (unpaired) electrons. The molecular formula is C11H15ClN2OS. The Morgan fingerprint density at radius 3 is 2.94 bits per heavy atom. The number of aromatic nitrogens is 1. The fourth-order valence-electron chi connectivity index (χ4n) is 2.00. The highest BCUT2D eigenvalue weighted by atomic mass is 35.5. The van der Waals surface area contributed by atoms with Crippen molar-refractivity contribution in [3.05, 3.63) is 16.1 Å². The molecule has 1 saturated carbocycles. The Hall–Kier alpha value is -0.610. The molecule has 1 aliphatic carbocycles. The number of thiazole rings is 1. The van der Waals surface area contributed by atoms with E-state index >= 15 is 0 Å². The molecule has 0 aromatic carbocycles. The van der Waals surface area contributed by atoms with Gasteiger partial charge in [-0.05, 0) is 19.8 Å². The fourth-order valence-corrected chi connectivity index (χ4v) is 3.05. The van der Waals surface area contributed by atoms with Gasteiger partial charge in [0, 0.05) is 6.04 Å². The van der Waals surface area contributed by atoms with E-state index in [2.05, 4.69) is 10.3 Å². The SMILES string of the molecule is Cc1ncsc1C(=O)NC1CCCCC1Cl. The molecule has 2 unspecified atom stereocenters. The topological polar surface area (TPSA) is 42.0 Å². The van der Waals surface area contributed by atoms with E-state index in [0.717, 1.165) is 25.0 Å². The minimum Gasteiger partial charge on any atom is -0.347 e. The molecule has 1 amide bonds. The van der Waals surface area contributed by atoms with Crippen molar-refractivity contribution in [2.75, 3.05) is 0 Å². The Balaban J connectivity index is 1.99. The lowest BCUT2D eigenvalue weighted by atomic mass is 9.95. The second kappa shape index (κ2) is 5.15. The molecule has 3 nitrogen and oxygen atoms in total. The molecule has 1 heterocycles. The van der Waals surface area contributed by atoms with Crippen molar-refractivity contribution >= 4 is 28.8 Å². The number of aryl methyl sites for hydroxylation is 1. The third kappa shape index (κ3) is 2.55. The van der Waals surface area contributed by atoms with Crippen molar-refractivity contribution in [2.45, 2.75) is 44.0 Å². The number of nitrogens with one attached hydrogen (secondary N) is 1. The summed E-state index contributed by atoms with van der Waals surface area (Å²) in [6.07, 6.45) is 4.29. The Morgan fingerprint density at radius 1 is 1.56 bits per heavy atom. The lowest BCUT2D eigenvalue weighted by Gasteiger charge is -2.27. The average molecular weight is 259 g/mol. The van der Waals surface area contributed by atoms with Gasteiger partial charge in [0.25, 0.3) is 5.91 Å². The monoisotopic (exact) mass is 258 g/mol. The van der Waals surface area contributed by atoms with E-state index in [0.29, 0.717) is 4.88 Å². The lowest BCUT2D eigenvalue weighted by molar-refractivity contribution is 0.0932. The predicted molar refractivity (Wildman–Crippen MR) is 66.2 cm³/mol. The summed E-state index contributed by atoms with van der Waals surface area (Å²) >= 11 is 7.58. The van der Waals surface area contributed by atoms with E-state index in [4.69, 9.17) is 11.6 Å². The third-order valence-electron chi connectivity index (χ3n) is 2.95. The van der Waals surface area contributed by atoms with Crippen molar-refractivity contribution in [1.82, 2.24) is 10.3 Å². The summed E-state index contributed by atoms with van der Waals surface area (Å²) in [5.41, 5.74) is 2.49. The number of alkyl halides is 1. The lowest BCUT2D eigenvalue weighted by Crippen LogP contribution is -2.42. The number of halogens is 1. The zero-order chi connectivity index (χ0) is 11.5. The van der Waals surface area contributed by atoms with Crippen LogP contribution in [0.3, 0.4) is 0 Å². The Labute approximate surface area is 104 Å². The van der Waals surface area contributed by atoms with Crippen molar-refractivity contribution in [1.29, 1.82) is 0 Å². The molecule has 1 N–H and O–H groups in total. The largest absolute Gasteiger partial charge is 0.347 e. The highest BCUT2D eigenvalue weighted by molar-refractivity contribution is 7.11. The van der Waals surface area contributed by atoms with Gasteiger partial charge in [0.1, 0.15) is 4.88 Å². The molecule has 1 aliphatic rings. The van der Waals surface area contributed by atoms with Crippen LogP contribution >= 0.6 is 22.9 Å². The summed E-state index contributed by atoms with van der Waals surface area (Å²) in [5.74, 6) is -0.0300. The molecule has 1 aromatic rings. The zero-order valence-electron chi connectivity index (χ0n) is 9.20. The van der Waals surface area contributed by atoms with Crippen molar-refractivity contribution in [2.24, 2.45) is 0 Å². The molecule has 0 saturated heterocycles. The molecule has 0 aliphatic heterocycles. The van der Waals surface area contributed by atoms with Crippen LogP contribution in [0.1, 0.15) is 41.0 Å². The number of hydrogen-bond donors (Lipinski definition) is 1. The van der Waals surface area contributed by atoms with Crippen LogP contribution in [0.15, 0.2) is 5.51 Å². The maximum Gasteiger partial charge on any atom is 0.263 e. The van der Waals surface area contributed by atoms with E-state index in [1.165, 1.54) is 17.8 Å². The minimum absolute atomic E-state index is 0.0300. The van der Waals surface area contributed by atoms with Crippen LogP contribution in [0.4, 0.5) is 0 Å². The molecule has 1 aromatic heterocycles. The normalized spacial score (nSPS) is 25.4. The maximum atomic E-state index is 11.9. The van der Waals surface area contributed by atoms with Gasteiger partial charge < -0.3 is 5.32 Å². The summed E-state index contributed by atoms with van der Waals surface area (Å²) in [6.45, 7) is 1.85. The van der Waals surface area contributed by atoms with Gasteiger partial charge in [-0.15, -0.1) is 22.9 Å². The average Bonchev–Trinajstić information content (AvgIpc) is 2.68. The van der Waals surface area contributed by atoms with Crippen LogP contribution in [0.5, 0.6) is 0 Å². The summed E-state index contributed by atoms with van der Waals surface area (Å²) < 4.78 is 0. The molecule has 16 heavy (non-hydrogen) atoms. The van der Waals surface area contributed by atoms with Gasteiger partial charge in [0.2, 0.25) is 0 Å². The van der Waals surface area contributed by atoms with Gasteiger partial charge >= 0.3 is 0 Å². The van der Waals surface area contributed by atoms with Gasteiger partial charge in [-0.3, -0.25) is 4.79 Å². The quantitative estimate of drug-likeness (QED) is 0.829. The van der Waals surface area contributed by atoms with Crippen LogP contribution in [0.2, 0.25) is 0 Å². The van der Waals surface area contributed by atoms with Crippen molar-refractivity contribution in [3.63, 3.8) is 0 Å². The first kappa shape index (κ1) is 11.9. The summed E-state index contributed by atoms with van der Waals surface area (Å²) in [4.78, 5) is 16.7. The van der Waals surface area contributed by atoms with E-state index in [1.807, 2.05) is 6.92 Å². The van der Waals surface area contributed by atoms with Gasteiger partial charge in [0.15, 0.2) is 0 Å². The molecule has 2 atom stereocenters. The van der Waals surface area contributed by atoms with Crippen LogP contribution in [0.25, 0.3) is 0 Å². The van der Waals surface area contributed by atoms with Crippen molar-refractivity contribution < 1.29 is 4.79 Å².